The minimum Gasteiger partial charge on any atom is -0.481 e. The Morgan fingerprint density at radius 2 is 1.80 bits per heavy atom. The van der Waals surface area contributed by atoms with Gasteiger partial charge in [-0.2, -0.15) is 0 Å². The first-order chi connectivity index (χ1) is 7.06. The Labute approximate surface area is 85.2 Å². The third-order valence-corrected chi connectivity index (χ3v) is 3.48. The molecule has 0 heterocycles. The molecule has 0 aromatic carbocycles. The van der Waals surface area contributed by atoms with Crippen LogP contribution in [0.4, 0.5) is 0 Å². The van der Waals surface area contributed by atoms with Gasteiger partial charge < -0.3 is 15.4 Å². The molecule has 2 rings (SSSR count). The Kier molecular flexibility index (Phi) is 2.13. The lowest BCUT2D eigenvalue weighted by molar-refractivity contribution is -0.154. The van der Waals surface area contributed by atoms with Crippen molar-refractivity contribution >= 4 is 17.7 Å². The van der Waals surface area contributed by atoms with Gasteiger partial charge in [0.05, 0.1) is 17.5 Å². The molecule has 0 spiro atoms. The number of rotatable bonds is 2. The molecule has 2 fully saturated rings. The molecule has 2 aliphatic carbocycles. The van der Waals surface area contributed by atoms with E-state index in [2.05, 4.69) is 5.16 Å². The number of hydrogen-bond acceptors (Lipinski definition) is 4. The molecule has 2 bridgehead atoms. The molecule has 2 saturated carbocycles. The summed E-state index contributed by atoms with van der Waals surface area (Å²) >= 11 is 0. The van der Waals surface area contributed by atoms with E-state index >= 15 is 0 Å². The zero-order chi connectivity index (χ0) is 11.2. The minimum absolute atomic E-state index is 0.195. The minimum atomic E-state index is -1.12. The molecule has 0 saturated heterocycles. The monoisotopic (exact) mass is 213 g/mol. The first kappa shape index (κ1) is 9.95. The van der Waals surface area contributed by atoms with Gasteiger partial charge in [0.15, 0.2) is 0 Å². The summed E-state index contributed by atoms with van der Waals surface area (Å²) in [5, 5.41) is 29.6. The highest BCUT2D eigenvalue weighted by atomic mass is 16.4. The van der Waals surface area contributed by atoms with Crippen LogP contribution in [0.15, 0.2) is 5.16 Å². The standard InChI is InChI=1S/C9H11NO5/c11-8(12)6-3-1-4(5(2-3)10-15)7(6)9(13)14/h3-4,6-7,15H,1-2H2,(H,11,12)(H,13,14). The summed E-state index contributed by atoms with van der Waals surface area (Å²) in [5.74, 6) is -4.55. The van der Waals surface area contributed by atoms with E-state index in [9.17, 15) is 9.59 Å². The van der Waals surface area contributed by atoms with Gasteiger partial charge in [-0.15, -0.1) is 0 Å². The average Bonchev–Trinajstić information content (AvgIpc) is 2.72. The number of fused-ring (bicyclic) bond motifs is 2. The largest absolute Gasteiger partial charge is 0.481 e. The van der Waals surface area contributed by atoms with E-state index in [-0.39, 0.29) is 5.92 Å². The molecule has 15 heavy (non-hydrogen) atoms. The summed E-state index contributed by atoms with van der Waals surface area (Å²) in [6, 6.07) is 0. The van der Waals surface area contributed by atoms with Crippen molar-refractivity contribution in [2.75, 3.05) is 0 Å². The van der Waals surface area contributed by atoms with Crippen molar-refractivity contribution in [3.63, 3.8) is 0 Å². The third kappa shape index (κ3) is 1.28. The van der Waals surface area contributed by atoms with E-state index in [1.807, 2.05) is 0 Å². The lowest BCUT2D eigenvalue weighted by Crippen LogP contribution is -2.38. The molecule has 2 aliphatic rings. The maximum atomic E-state index is 11.0. The predicted octanol–water partition coefficient (Wildman–Crippen LogP) is 0.258. The van der Waals surface area contributed by atoms with Gasteiger partial charge in [0.25, 0.3) is 0 Å². The topological polar surface area (TPSA) is 107 Å². The van der Waals surface area contributed by atoms with Crippen molar-refractivity contribution in [3.8, 4) is 0 Å². The van der Waals surface area contributed by atoms with E-state index in [0.717, 1.165) is 0 Å². The summed E-state index contributed by atoms with van der Waals surface area (Å²) in [7, 11) is 0. The molecule has 6 nitrogen and oxygen atoms in total. The maximum absolute atomic E-state index is 11.0. The second-order valence-corrected chi connectivity index (χ2v) is 4.13. The van der Waals surface area contributed by atoms with E-state index < -0.39 is 29.7 Å². The number of aliphatic carboxylic acids is 2. The van der Waals surface area contributed by atoms with Gasteiger partial charge in [-0.1, -0.05) is 5.16 Å². The van der Waals surface area contributed by atoms with Gasteiger partial charge in [-0.3, -0.25) is 9.59 Å². The van der Waals surface area contributed by atoms with Crippen LogP contribution in [0.5, 0.6) is 0 Å². The lowest BCUT2D eigenvalue weighted by atomic mass is 9.78. The van der Waals surface area contributed by atoms with Crippen LogP contribution in [-0.2, 0) is 9.59 Å². The Morgan fingerprint density at radius 3 is 2.27 bits per heavy atom. The first-order valence-electron chi connectivity index (χ1n) is 4.72. The second-order valence-electron chi connectivity index (χ2n) is 4.13. The molecule has 0 aromatic rings. The Morgan fingerprint density at radius 1 is 1.20 bits per heavy atom. The summed E-state index contributed by atoms with van der Waals surface area (Å²) in [4.78, 5) is 21.9. The van der Waals surface area contributed by atoms with Crippen LogP contribution in [0.3, 0.4) is 0 Å². The fourth-order valence-electron chi connectivity index (χ4n) is 2.93. The highest BCUT2D eigenvalue weighted by Gasteiger charge is 2.57. The molecule has 0 amide bonds. The lowest BCUT2D eigenvalue weighted by Gasteiger charge is -2.24. The molecule has 0 radical (unpaired) electrons. The van der Waals surface area contributed by atoms with Crippen LogP contribution in [0, 0.1) is 23.7 Å². The van der Waals surface area contributed by atoms with Crippen LogP contribution in [-0.4, -0.2) is 33.1 Å². The second kappa shape index (κ2) is 3.22. The average molecular weight is 213 g/mol. The molecule has 6 heteroatoms. The van der Waals surface area contributed by atoms with Crippen molar-refractivity contribution in [3.05, 3.63) is 0 Å². The number of hydrogen-bond donors (Lipinski definition) is 3. The van der Waals surface area contributed by atoms with E-state index in [4.69, 9.17) is 15.4 Å². The molecule has 0 aliphatic heterocycles. The third-order valence-electron chi connectivity index (χ3n) is 3.48. The van der Waals surface area contributed by atoms with Gasteiger partial charge in [0.2, 0.25) is 0 Å². The predicted molar refractivity (Wildman–Crippen MR) is 47.7 cm³/mol. The van der Waals surface area contributed by atoms with Crippen molar-refractivity contribution < 1.29 is 25.0 Å². The van der Waals surface area contributed by atoms with Crippen LogP contribution >= 0.6 is 0 Å². The van der Waals surface area contributed by atoms with Crippen LogP contribution in [0.25, 0.3) is 0 Å². The van der Waals surface area contributed by atoms with Gasteiger partial charge in [0, 0.05) is 5.92 Å². The molecular formula is C9H11NO5. The fourth-order valence-corrected chi connectivity index (χ4v) is 2.93. The number of carboxylic acid groups (broad SMARTS) is 2. The van der Waals surface area contributed by atoms with Crippen molar-refractivity contribution in [1.82, 2.24) is 0 Å². The SMILES string of the molecule is O=C(O)C1C2CC(=NO)C(C2)C1C(=O)O. The molecule has 4 unspecified atom stereocenters. The molecule has 82 valence electrons. The summed E-state index contributed by atoms with van der Waals surface area (Å²) in [6.45, 7) is 0. The summed E-state index contributed by atoms with van der Waals surface area (Å²) < 4.78 is 0. The quantitative estimate of drug-likeness (QED) is 0.450. The number of oxime groups is 1. The van der Waals surface area contributed by atoms with E-state index in [1.54, 1.807) is 0 Å². The first-order valence-corrected chi connectivity index (χ1v) is 4.72. The molecular weight excluding hydrogens is 202 g/mol. The van der Waals surface area contributed by atoms with Crippen LogP contribution < -0.4 is 0 Å². The Balaban J connectivity index is 2.33. The summed E-state index contributed by atoms with van der Waals surface area (Å²) in [5.41, 5.74) is 0.435. The van der Waals surface area contributed by atoms with Crippen LogP contribution in [0.2, 0.25) is 0 Å². The zero-order valence-electron chi connectivity index (χ0n) is 7.83. The molecule has 3 N–H and O–H groups in total. The van der Waals surface area contributed by atoms with Crippen molar-refractivity contribution in [2.24, 2.45) is 28.8 Å². The van der Waals surface area contributed by atoms with Gasteiger partial charge in [-0.25, -0.2) is 0 Å². The fraction of sp³-hybridized carbons (Fsp3) is 0.667. The highest BCUT2D eigenvalue weighted by molar-refractivity contribution is 5.96. The van der Waals surface area contributed by atoms with Crippen LogP contribution in [0.1, 0.15) is 12.8 Å². The number of carboxylic acids is 2. The van der Waals surface area contributed by atoms with E-state index in [1.165, 1.54) is 0 Å². The van der Waals surface area contributed by atoms with Gasteiger partial charge >= 0.3 is 11.9 Å². The van der Waals surface area contributed by atoms with Gasteiger partial charge in [-0.05, 0) is 18.8 Å². The molecule has 0 aromatic heterocycles. The summed E-state index contributed by atoms with van der Waals surface area (Å²) in [6.07, 6.45) is 0.912. The van der Waals surface area contributed by atoms with Crippen molar-refractivity contribution in [2.45, 2.75) is 12.8 Å². The maximum Gasteiger partial charge on any atom is 0.308 e. The zero-order valence-corrected chi connectivity index (χ0v) is 7.83. The van der Waals surface area contributed by atoms with Crippen molar-refractivity contribution in [1.29, 1.82) is 0 Å². The highest BCUT2D eigenvalue weighted by Crippen LogP contribution is 2.51. The number of nitrogens with zero attached hydrogens (tertiary/aromatic N) is 1. The van der Waals surface area contributed by atoms with Gasteiger partial charge in [0.1, 0.15) is 0 Å². The Hall–Kier alpha value is -1.59. The van der Waals surface area contributed by atoms with E-state index in [0.29, 0.717) is 18.6 Å². The Bertz CT molecular complexity index is 350. The normalized spacial score (nSPS) is 40.9. The smallest absolute Gasteiger partial charge is 0.308 e. The number of carbonyl (C=O) groups is 2. The molecule has 4 atom stereocenters.